The average Bonchev–Trinajstić information content (AvgIpc) is 2.83. The minimum absolute atomic E-state index is 0.0337. The first-order chi connectivity index (χ1) is 16.9. The van der Waals surface area contributed by atoms with Crippen LogP contribution in [0.2, 0.25) is 5.02 Å². The highest BCUT2D eigenvalue weighted by Crippen LogP contribution is 2.15. The van der Waals surface area contributed by atoms with Crippen LogP contribution < -0.4 is 10.6 Å². The maximum atomic E-state index is 14.3. The summed E-state index contributed by atoms with van der Waals surface area (Å²) in [6.07, 6.45) is 0.150. The number of nitrogens with one attached hydrogen (secondary N) is 2. The van der Waals surface area contributed by atoms with Crippen molar-refractivity contribution in [3.63, 3.8) is 0 Å². The Morgan fingerprint density at radius 2 is 1.77 bits per heavy atom. The maximum absolute atomic E-state index is 14.3. The molecule has 0 saturated heterocycles. The molecular formula is C27H25ClFN3O3. The van der Waals surface area contributed by atoms with E-state index in [1.807, 2.05) is 67.6 Å². The zero-order chi connectivity index (χ0) is 25.2. The number of carbonyl (C=O) groups excluding carboxylic acids is 2. The van der Waals surface area contributed by atoms with Crippen molar-refractivity contribution in [3.8, 4) is 6.07 Å². The van der Waals surface area contributed by atoms with Crippen molar-refractivity contribution < 1.29 is 18.7 Å². The molecule has 0 heterocycles. The number of hydrogen-bond donors (Lipinski definition) is 2. The van der Waals surface area contributed by atoms with Crippen molar-refractivity contribution in [3.05, 3.63) is 106 Å². The molecular weight excluding hydrogens is 469 g/mol. The Morgan fingerprint density at radius 3 is 2.46 bits per heavy atom. The highest BCUT2D eigenvalue weighted by Gasteiger charge is 2.25. The van der Waals surface area contributed by atoms with E-state index in [0.717, 1.165) is 22.8 Å². The van der Waals surface area contributed by atoms with E-state index in [0.29, 0.717) is 0 Å². The molecule has 180 valence electrons. The lowest BCUT2D eigenvalue weighted by Crippen LogP contribution is -2.51. The maximum Gasteiger partial charge on any atom is 0.254 e. The second-order valence-corrected chi connectivity index (χ2v) is 8.47. The summed E-state index contributed by atoms with van der Waals surface area (Å²) in [6.45, 7) is 2.16. The predicted molar refractivity (Wildman–Crippen MR) is 131 cm³/mol. The van der Waals surface area contributed by atoms with Gasteiger partial charge in [0.25, 0.3) is 5.91 Å². The van der Waals surface area contributed by atoms with Crippen molar-refractivity contribution in [1.29, 1.82) is 5.26 Å². The summed E-state index contributed by atoms with van der Waals surface area (Å²) in [5.74, 6) is -2.14. The quantitative estimate of drug-likeness (QED) is 0.439. The van der Waals surface area contributed by atoms with Crippen LogP contribution in [0.3, 0.4) is 0 Å². The molecule has 6 nitrogen and oxygen atoms in total. The Hall–Kier alpha value is -3.73. The number of benzene rings is 3. The standard InChI is InChI=1S/C27H25ClFN3O3/c1-18-6-5-9-20(12-18)13-25(32-26(33)23-11-10-21(28)14-24(23)29)27(34)31-22(15-30)17-35-16-19-7-3-2-4-8-19/h2-12,14,22,25H,13,16-17H2,1H3,(H,31,34)(H,32,33)/t22-,25+/m1/s1. The number of nitriles is 1. The van der Waals surface area contributed by atoms with Gasteiger partial charge in [-0.1, -0.05) is 71.8 Å². The molecule has 0 unspecified atom stereocenters. The molecule has 2 atom stereocenters. The summed E-state index contributed by atoms with van der Waals surface area (Å²) in [7, 11) is 0. The van der Waals surface area contributed by atoms with Crippen molar-refractivity contribution in [1.82, 2.24) is 10.6 Å². The SMILES string of the molecule is Cc1cccc(C[C@H](NC(=O)c2ccc(Cl)cc2F)C(=O)N[C@H](C#N)COCc2ccccc2)c1. The third-order valence-corrected chi connectivity index (χ3v) is 5.42. The minimum atomic E-state index is -1.05. The van der Waals surface area contributed by atoms with Gasteiger partial charge in [0.2, 0.25) is 5.91 Å². The zero-order valence-corrected chi connectivity index (χ0v) is 19.9. The lowest BCUT2D eigenvalue weighted by atomic mass is 10.0. The Labute approximate surface area is 208 Å². The van der Waals surface area contributed by atoms with Crippen molar-refractivity contribution in [2.45, 2.75) is 32.0 Å². The molecule has 0 bridgehead atoms. The van der Waals surface area contributed by atoms with Crippen molar-refractivity contribution in [2.75, 3.05) is 6.61 Å². The van der Waals surface area contributed by atoms with Gasteiger partial charge in [-0.15, -0.1) is 0 Å². The monoisotopic (exact) mass is 493 g/mol. The molecule has 0 aliphatic heterocycles. The number of amides is 2. The van der Waals surface area contributed by atoms with E-state index in [9.17, 15) is 19.2 Å². The van der Waals surface area contributed by atoms with Crippen molar-refractivity contribution in [2.24, 2.45) is 0 Å². The molecule has 0 saturated carbocycles. The first-order valence-corrected chi connectivity index (χ1v) is 11.4. The molecule has 2 amide bonds. The number of nitrogens with zero attached hydrogens (tertiary/aromatic N) is 1. The summed E-state index contributed by atoms with van der Waals surface area (Å²) < 4.78 is 19.8. The van der Waals surface area contributed by atoms with Gasteiger partial charge in [0, 0.05) is 11.4 Å². The molecule has 0 fully saturated rings. The third kappa shape index (κ3) is 7.92. The molecule has 3 aromatic carbocycles. The van der Waals surface area contributed by atoms with Gasteiger partial charge in [-0.3, -0.25) is 9.59 Å². The van der Waals surface area contributed by atoms with Gasteiger partial charge >= 0.3 is 0 Å². The number of hydrogen-bond acceptors (Lipinski definition) is 4. The van der Waals surface area contributed by atoms with E-state index in [1.54, 1.807) is 0 Å². The van der Waals surface area contributed by atoms with Gasteiger partial charge in [0.15, 0.2) is 0 Å². The van der Waals surface area contributed by atoms with E-state index in [1.165, 1.54) is 12.1 Å². The summed E-state index contributed by atoms with van der Waals surface area (Å²) in [4.78, 5) is 25.9. The molecule has 0 radical (unpaired) electrons. The van der Waals surface area contributed by atoms with Crippen LogP contribution in [0.15, 0.2) is 72.8 Å². The fourth-order valence-corrected chi connectivity index (χ4v) is 3.60. The molecule has 3 aromatic rings. The Balaban J connectivity index is 1.70. The second kappa shape index (κ2) is 12.7. The summed E-state index contributed by atoms with van der Waals surface area (Å²) in [6, 6.07) is 20.6. The van der Waals surface area contributed by atoms with Crippen molar-refractivity contribution >= 4 is 23.4 Å². The van der Waals surface area contributed by atoms with E-state index >= 15 is 0 Å². The largest absolute Gasteiger partial charge is 0.374 e. The first kappa shape index (κ1) is 25.9. The van der Waals surface area contributed by atoms with Gasteiger partial charge in [-0.2, -0.15) is 5.26 Å². The molecule has 0 aromatic heterocycles. The molecule has 0 aliphatic rings. The van der Waals surface area contributed by atoms with Crippen LogP contribution in [-0.2, 0) is 22.6 Å². The van der Waals surface area contributed by atoms with Crippen LogP contribution in [0.4, 0.5) is 4.39 Å². The van der Waals surface area contributed by atoms with Crippen LogP contribution in [-0.4, -0.2) is 30.5 Å². The highest BCUT2D eigenvalue weighted by atomic mass is 35.5. The number of ether oxygens (including phenoxy) is 1. The molecule has 0 aliphatic carbocycles. The average molecular weight is 494 g/mol. The molecule has 0 spiro atoms. The third-order valence-electron chi connectivity index (χ3n) is 5.19. The molecule has 8 heteroatoms. The Bertz CT molecular complexity index is 1210. The number of carbonyl (C=O) groups is 2. The van der Waals surface area contributed by atoms with E-state index in [-0.39, 0.29) is 30.2 Å². The van der Waals surface area contributed by atoms with E-state index in [2.05, 4.69) is 10.6 Å². The summed E-state index contributed by atoms with van der Waals surface area (Å²) in [5.41, 5.74) is 2.49. The van der Waals surface area contributed by atoms with Crippen LogP contribution in [0.5, 0.6) is 0 Å². The fourth-order valence-electron chi connectivity index (χ4n) is 3.45. The smallest absolute Gasteiger partial charge is 0.254 e. The normalized spacial score (nSPS) is 12.3. The zero-order valence-electron chi connectivity index (χ0n) is 19.1. The predicted octanol–water partition coefficient (Wildman–Crippen LogP) is 4.35. The van der Waals surface area contributed by atoms with Gasteiger partial charge < -0.3 is 15.4 Å². The van der Waals surface area contributed by atoms with Crippen LogP contribution in [0.25, 0.3) is 0 Å². The minimum Gasteiger partial charge on any atom is -0.374 e. The van der Waals surface area contributed by atoms with E-state index in [4.69, 9.17) is 16.3 Å². The number of rotatable bonds is 10. The van der Waals surface area contributed by atoms with Gasteiger partial charge in [0.05, 0.1) is 24.8 Å². The summed E-state index contributed by atoms with van der Waals surface area (Å²) >= 11 is 5.78. The second-order valence-electron chi connectivity index (χ2n) is 8.03. The van der Waals surface area contributed by atoms with Gasteiger partial charge in [-0.25, -0.2) is 4.39 Å². The fraction of sp³-hybridized carbons (Fsp3) is 0.222. The van der Waals surface area contributed by atoms with Crippen LogP contribution in [0, 0.1) is 24.1 Å². The first-order valence-electron chi connectivity index (χ1n) is 11.0. The topological polar surface area (TPSA) is 91.2 Å². The van der Waals surface area contributed by atoms with Gasteiger partial charge in [-0.05, 0) is 36.2 Å². The highest BCUT2D eigenvalue weighted by molar-refractivity contribution is 6.30. The van der Waals surface area contributed by atoms with Crippen LogP contribution in [0.1, 0.15) is 27.0 Å². The van der Waals surface area contributed by atoms with Gasteiger partial charge in [0.1, 0.15) is 17.9 Å². The molecule has 35 heavy (non-hydrogen) atoms. The summed E-state index contributed by atoms with van der Waals surface area (Å²) in [5, 5.41) is 14.9. The van der Waals surface area contributed by atoms with E-state index < -0.39 is 29.7 Å². The molecule has 2 N–H and O–H groups in total. The lowest BCUT2D eigenvalue weighted by molar-refractivity contribution is -0.123. The van der Waals surface area contributed by atoms with Crippen LogP contribution >= 0.6 is 11.6 Å². The molecule has 3 rings (SSSR count). The lowest BCUT2D eigenvalue weighted by Gasteiger charge is -2.21. The Morgan fingerprint density at radius 1 is 1.03 bits per heavy atom. The number of halogens is 2. The Kier molecular flexibility index (Phi) is 9.36. The number of aryl methyl sites for hydroxylation is 1.